The molecule has 0 spiro atoms. The van der Waals surface area contributed by atoms with Gasteiger partial charge in [-0.05, 0) is 32.4 Å². The summed E-state index contributed by atoms with van der Waals surface area (Å²) in [5.41, 5.74) is 1.94. The van der Waals surface area contributed by atoms with Crippen LogP contribution in [0.2, 0.25) is 0 Å². The second-order valence-corrected chi connectivity index (χ2v) is 9.92. The number of imidazole rings is 1. The Morgan fingerprint density at radius 1 is 1.09 bits per heavy atom. The molecule has 0 unspecified atom stereocenters. The highest BCUT2D eigenvalue weighted by Crippen LogP contribution is 2.25. The molecule has 1 aromatic carbocycles. The predicted octanol–water partition coefficient (Wildman–Crippen LogP) is 3.73. The number of halogens is 2. The van der Waals surface area contributed by atoms with Gasteiger partial charge >= 0.3 is 0 Å². The van der Waals surface area contributed by atoms with Gasteiger partial charge in [0, 0.05) is 23.5 Å². The molecular formula is C22H22F2N6O2S. The minimum absolute atomic E-state index is 0.0775. The molecule has 11 heteroatoms. The van der Waals surface area contributed by atoms with Crippen molar-refractivity contribution in [2.24, 2.45) is 0 Å². The fraction of sp³-hybridized carbons (Fsp3) is 0.273. The molecule has 3 aromatic heterocycles. The topological polar surface area (TPSA) is 95.6 Å². The van der Waals surface area contributed by atoms with Crippen LogP contribution in [0, 0.1) is 25.5 Å². The van der Waals surface area contributed by atoms with Gasteiger partial charge in [-0.15, -0.1) is 5.10 Å². The highest BCUT2D eigenvalue weighted by molar-refractivity contribution is 7.90. The number of nitrogens with zero attached hydrogens (tertiary/aromatic N) is 6. The van der Waals surface area contributed by atoms with Crippen LogP contribution >= 0.6 is 0 Å². The van der Waals surface area contributed by atoms with Crippen LogP contribution in [-0.2, 0) is 15.6 Å². The molecule has 0 aliphatic rings. The van der Waals surface area contributed by atoms with E-state index in [-0.39, 0.29) is 11.3 Å². The first kappa shape index (κ1) is 22.7. The Kier molecular flexibility index (Phi) is 6.07. The second-order valence-electron chi connectivity index (χ2n) is 7.74. The van der Waals surface area contributed by atoms with Crippen molar-refractivity contribution >= 4 is 9.84 Å². The third-order valence-electron chi connectivity index (χ3n) is 5.06. The quantitative estimate of drug-likeness (QED) is 0.407. The van der Waals surface area contributed by atoms with Crippen LogP contribution in [0.15, 0.2) is 43.0 Å². The monoisotopic (exact) mass is 472 g/mol. The zero-order valence-electron chi connectivity index (χ0n) is 18.3. The van der Waals surface area contributed by atoms with Crippen LogP contribution in [-0.4, -0.2) is 43.7 Å². The number of aryl methyl sites for hydroxylation is 2. The number of hydrogen-bond acceptors (Lipinski definition) is 6. The number of pyridine rings is 1. The molecule has 0 amide bonds. The van der Waals surface area contributed by atoms with Crippen LogP contribution in [0.1, 0.15) is 30.4 Å². The van der Waals surface area contributed by atoms with Gasteiger partial charge < -0.3 is 4.57 Å². The molecule has 0 N–H and O–H groups in total. The maximum absolute atomic E-state index is 15.1. The Bertz CT molecular complexity index is 1430. The van der Waals surface area contributed by atoms with Gasteiger partial charge in [-0.25, -0.2) is 26.9 Å². The number of aromatic nitrogens is 6. The van der Waals surface area contributed by atoms with Crippen molar-refractivity contribution in [1.82, 2.24) is 29.5 Å². The Balaban J connectivity index is 1.70. The molecule has 0 saturated carbocycles. The van der Waals surface area contributed by atoms with Crippen LogP contribution < -0.4 is 0 Å². The summed E-state index contributed by atoms with van der Waals surface area (Å²) in [5, 5.41) is 7.91. The van der Waals surface area contributed by atoms with Gasteiger partial charge in [0.05, 0.1) is 35.3 Å². The molecule has 172 valence electrons. The van der Waals surface area contributed by atoms with Crippen molar-refractivity contribution in [1.29, 1.82) is 0 Å². The van der Waals surface area contributed by atoms with E-state index in [4.69, 9.17) is 0 Å². The van der Waals surface area contributed by atoms with E-state index >= 15 is 4.39 Å². The molecule has 33 heavy (non-hydrogen) atoms. The van der Waals surface area contributed by atoms with Crippen LogP contribution in [0.25, 0.3) is 22.6 Å². The summed E-state index contributed by atoms with van der Waals surface area (Å²) in [6, 6.07) is 3.99. The van der Waals surface area contributed by atoms with Crippen molar-refractivity contribution < 1.29 is 17.2 Å². The summed E-state index contributed by atoms with van der Waals surface area (Å²) < 4.78 is 56.8. The highest BCUT2D eigenvalue weighted by Gasteiger charge is 2.21. The standard InChI is InChI=1S/C22H22F2N6O2S/c1-4-7-33(31,32)13-16-5-6-19(23)22(21(16)24)30-12-20(27-28-30)17-8-18(10-25-9-17)29-11-14(2)26-15(29)3/h5-6,8-12H,4,7,13H2,1-3H3. The van der Waals surface area contributed by atoms with Gasteiger partial charge in [-0.3, -0.25) is 4.98 Å². The summed E-state index contributed by atoms with van der Waals surface area (Å²) in [7, 11) is -3.51. The Labute approximate surface area is 189 Å². The summed E-state index contributed by atoms with van der Waals surface area (Å²) in [4.78, 5) is 8.61. The maximum atomic E-state index is 15.1. The van der Waals surface area contributed by atoms with Crippen molar-refractivity contribution in [2.75, 3.05) is 5.75 Å². The lowest BCUT2D eigenvalue weighted by Crippen LogP contribution is -2.12. The van der Waals surface area contributed by atoms with Gasteiger partial charge in [-0.2, -0.15) is 0 Å². The summed E-state index contributed by atoms with van der Waals surface area (Å²) >= 11 is 0. The molecule has 0 radical (unpaired) electrons. The van der Waals surface area contributed by atoms with Crippen molar-refractivity contribution in [3.63, 3.8) is 0 Å². The van der Waals surface area contributed by atoms with E-state index in [9.17, 15) is 12.8 Å². The van der Waals surface area contributed by atoms with E-state index in [0.29, 0.717) is 17.7 Å². The Morgan fingerprint density at radius 3 is 2.58 bits per heavy atom. The summed E-state index contributed by atoms with van der Waals surface area (Å²) in [6.45, 7) is 5.48. The zero-order chi connectivity index (χ0) is 23.8. The molecule has 0 fully saturated rings. The third kappa shape index (κ3) is 4.68. The van der Waals surface area contributed by atoms with E-state index in [2.05, 4.69) is 20.3 Å². The lowest BCUT2D eigenvalue weighted by atomic mass is 10.2. The first-order valence-electron chi connectivity index (χ1n) is 10.3. The van der Waals surface area contributed by atoms with Gasteiger partial charge in [0.25, 0.3) is 0 Å². The minimum atomic E-state index is -3.51. The van der Waals surface area contributed by atoms with Crippen LogP contribution in [0.3, 0.4) is 0 Å². The van der Waals surface area contributed by atoms with Crippen LogP contribution in [0.5, 0.6) is 0 Å². The molecule has 4 aromatic rings. The van der Waals surface area contributed by atoms with Gasteiger partial charge in [-0.1, -0.05) is 18.2 Å². The first-order valence-corrected chi connectivity index (χ1v) is 12.1. The number of benzene rings is 1. The van der Waals surface area contributed by atoms with Crippen molar-refractivity contribution in [2.45, 2.75) is 32.9 Å². The van der Waals surface area contributed by atoms with Crippen molar-refractivity contribution in [3.8, 4) is 22.6 Å². The van der Waals surface area contributed by atoms with Crippen LogP contribution in [0.4, 0.5) is 8.78 Å². The highest BCUT2D eigenvalue weighted by atomic mass is 32.2. The largest absolute Gasteiger partial charge is 0.302 e. The predicted molar refractivity (Wildman–Crippen MR) is 119 cm³/mol. The van der Waals surface area contributed by atoms with Gasteiger partial charge in [0.1, 0.15) is 17.2 Å². The first-order chi connectivity index (χ1) is 15.7. The van der Waals surface area contributed by atoms with E-state index in [1.165, 1.54) is 6.20 Å². The number of sulfone groups is 1. The summed E-state index contributed by atoms with van der Waals surface area (Å²) in [6.07, 6.45) is 6.89. The number of rotatable bonds is 7. The van der Waals surface area contributed by atoms with E-state index < -0.39 is 32.9 Å². The average molecular weight is 473 g/mol. The normalized spacial score (nSPS) is 11.8. The molecule has 0 aliphatic heterocycles. The van der Waals surface area contributed by atoms with E-state index in [1.54, 1.807) is 19.3 Å². The van der Waals surface area contributed by atoms with Gasteiger partial charge in [0.15, 0.2) is 21.5 Å². The van der Waals surface area contributed by atoms with E-state index in [1.807, 2.05) is 30.7 Å². The smallest absolute Gasteiger partial charge is 0.156 e. The SMILES string of the molecule is CCCS(=O)(=O)Cc1ccc(F)c(-n2cc(-c3cncc(-n4cc(C)nc4C)c3)nn2)c1F. The summed E-state index contributed by atoms with van der Waals surface area (Å²) in [5.74, 6) is -1.67. The van der Waals surface area contributed by atoms with Crippen molar-refractivity contribution in [3.05, 3.63) is 71.7 Å². The zero-order valence-corrected chi connectivity index (χ0v) is 19.1. The fourth-order valence-corrected chi connectivity index (χ4v) is 5.07. The third-order valence-corrected chi connectivity index (χ3v) is 6.84. The molecule has 8 nitrogen and oxygen atoms in total. The molecular weight excluding hydrogens is 450 g/mol. The molecule has 0 atom stereocenters. The molecule has 3 heterocycles. The Morgan fingerprint density at radius 2 is 1.88 bits per heavy atom. The Hall–Kier alpha value is -3.47. The molecule has 0 saturated heterocycles. The molecule has 0 aliphatic carbocycles. The molecule has 4 rings (SSSR count). The maximum Gasteiger partial charge on any atom is 0.156 e. The molecule has 0 bridgehead atoms. The average Bonchev–Trinajstić information content (AvgIpc) is 3.37. The number of hydrogen-bond donors (Lipinski definition) is 0. The second kappa shape index (κ2) is 8.81. The lowest BCUT2D eigenvalue weighted by Gasteiger charge is -2.09. The van der Waals surface area contributed by atoms with E-state index in [0.717, 1.165) is 34.0 Å². The van der Waals surface area contributed by atoms with Gasteiger partial charge in [0.2, 0.25) is 0 Å². The minimum Gasteiger partial charge on any atom is -0.302 e. The lowest BCUT2D eigenvalue weighted by molar-refractivity contribution is 0.547. The fourth-order valence-electron chi connectivity index (χ4n) is 3.61.